The highest BCUT2D eigenvalue weighted by Crippen LogP contribution is 2.30. The first-order valence-corrected chi connectivity index (χ1v) is 5.99. The van der Waals surface area contributed by atoms with E-state index in [0.717, 1.165) is 17.7 Å². The van der Waals surface area contributed by atoms with Crippen LogP contribution in [0.2, 0.25) is 0 Å². The fourth-order valence-corrected chi connectivity index (χ4v) is 1.91. The highest BCUT2D eigenvalue weighted by Gasteiger charge is 2.14. The van der Waals surface area contributed by atoms with Crippen molar-refractivity contribution in [2.24, 2.45) is 0 Å². The van der Waals surface area contributed by atoms with Gasteiger partial charge in [0.15, 0.2) is 0 Å². The maximum absolute atomic E-state index is 5.55. The zero-order valence-corrected chi connectivity index (χ0v) is 10.5. The molecule has 0 saturated heterocycles. The highest BCUT2D eigenvalue weighted by molar-refractivity contribution is 5.35. The van der Waals surface area contributed by atoms with E-state index in [1.165, 1.54) is 19.3 Å². The quantitative estimate of drug-likeness (QED) is 0.650. The summed E-state index contributed by atoms with van der Waals surface area (Å²) in [4.78, 5) is 0. The van der Waals surface area contributed by atoms with Crippen LogP contribution in [-0.4, -0.2) is 14.2 Å². The Bertz CT molecular complexity index is 297. The first-order valence-electron chi connectivity index (χ1n) is 5.99. The number of benzene rings is 1. The second-order valence-electron chi connectivity index (χ2n) is 3.96. The van der Waals surface area contributed by atoms with Crippen LogP contribution in [0.15, 0.2) is 24.3 Å². The van der Waals surface area contributed by atoms with E-state index in [1.807, 2.05) is 18.2 Å². The lowest BCUT2D eigenvalue weighted by Crippen LogP contribution is -2.03. The zero-order valence-electron chi connectivity index (χ0n) is 10.5. The van der Waals surface area contributed by atoms with E-state index < -0.39 is 0 Å². The van der Waals surface area contributed by atoms with Crippen molar-refractivity contribution in [3.05, 3.63) is 29.8 Å². The van der Waals surface area contributed by atoms with Gasteiger partial charge < -0.3 is 9.47 Å². The molecule has 1 aromatic rings. The predicted molar refractivity (Wildman–Crippen MR) is 66.9 cm³/mol. The number of methoxy groups -OCH3 is 2. The van der Waals surface area contributed by atoms with Crippen molar-refractivity contribution in [2.45, 2.75) is 38.7 Å². The standard InChI is InChI=1S/C14H22O2/c1-4-5-6-10-13(15-2)12-9-7-8-11-14(12)16-3/h7-9,11,13H,4-6,10H2,1-3H3. The lowest BCUT2D eigenvalue weighted by molar-refractivity contribution is 0.0909. The Morgan fingerprint density at radius 2 is 1.88 bits per heavy atom. The minimum atomic E-state index is 0.155. The van der Waals surface area contributed by atoms with Crippen LogP contribution in [0.25, 0.3) is 0 Å². The normalized spacial score (nSPS) is 12.4. The predicted octanol–water partition coefficient (Wildman–Crippen LogP) is 3.96. The Morgan fingerprint density at radius 1 is 1.12 bits per heavy atom. The van der Waals surface area contributed by atoms with Crippen LogP contribution >= 0.6 is 0 Å². The first kappa shape index (κ1) is 13.0. The fraction of sp³-hybridized carbons (Fsp3) is 0.571. The van der Waals surface area contributed by atoms with Crippen LogP contribution in [-0.2, 0) is 4.74 Å². The maximum atomic E-state index is 5.55. The van der Waals surface area contributed by atoms with Gasteiger partial charge in [0.1, 0.15) is 5.75 Å². The van der Waals surface area contributed by atoms with Gasteiger partial charge in [-0.15, -0.1) is 0 Å². The molecular weight excluding hydrogens is 200 g/mol. The fourth-order valence-electron chi connectivity index (χ4n) is 1.91. The summed E-state index contributed by atoms with van der Waals surface area (Å²) < 4.78 is 10.9. The monoisotopic (exact) mass is 222 g/mol. The molecule has 0 radical (unpaired) electrons. The third-order valence-corrected chi connectivity index (χ3v) is 2.84. The third kappa shape index (κ3) is 3.53. The number of para-hydroxylation sites is 1. The van der Waals surface area contributed by atoms with Gasteiger partial charge in [-0.1, -0.05) is 44.4 Å². The molecule has 0 bridgehead atoms. The van der Waals surface area contributed by atoms with E-state index in [-0.39, 0.29) is 6.10 Å². The maximum Gasteiger partial charge on any atom is 0.124 e. The summed E-state index contributed by atoms with van der Waals surface area (Å²) in [6.45, 7) is 2.21. The second-order valence-corrected chi connectivity index (χ2v) is 3.96. The van der Waals surface area contributed by atoms with Crippen LogP contribution in [0.3, 0.4) is 0 Å². The summed E-state index contributed by atoms with van der Waals surface area (Å²) in [6, 6.07) is 8.09. The minimum absolute atomic E-state index is 0.155. The van der Waals surface area contributed by atoms with Crippen LogP contribution < -0.4 is 4.74 Å². The number of unbranched alkanes of at least 4 members (excludes halogenated alkanes) is 2. The smallest absolute Gasteiger partial charge is 0.124 e. The molecule has 16 heavy (non-hydrogen) atoms. The topological polar surface area (TPSA) is 18.5 Å². The van der Waals surface area contributed by atoms with Gasteiger partial charge in [-0.3, -0.25) is 0 Å². The van der Waals surface area contributed by atoms with Gasteiger partial charge in [0, 0.05) is 12.7 Å². The van der Waals surface area contributed by atoms with Crippen molar-refractivity contribution >= 4 is 0 Å². The van der Waals surface area contributed by atoms with Gasteiger partial charge in [0.2, 0.25) is 0 Å². The second kappa shape index (κ2) is 7.29. The molecule has 0 saturated carbocycles. The Balaban J connectivity index is 2.69. The summed E-state index contributed by atoms with van der Waals surface area (Å²) in [7, 11) is 3.47. The van der Waals surface area contributed by atoms with Crippen molar-refractivity contribution in [1.29, 1.82) is 0 Å². The molecule has 1 rings (SSSR count). The number of rotatable bonds is 7. The Hall–Kier alpha value is -1.02. The van der Waals surface area contributed by atoms with Crippen LogP contribution in [0.4, 0.5) is 0 Å². The average Bonchev–Trinajstić information content (AvgIpc) is 2.35. The molecule has 0 aliphatic carbocycles. The molecule has 2 nitrogen and oxygen atoms in total. The SMILES string of the molecule is CCCCCC(OC)c1ccccc1OC. The first-order chi connectivity index (χ1) is 7.83. The molecule has 2 heteroatoms. The third-order valence-electron chi connectivity index (χ3n) is 2.84. The van der Waals surface area contributed by atoms with Crippen LogP contribution in [0.5, 0.6) is 5.75 Å². The van der Waals surface area contributed by atoms with Gasteiger partial charge in [-0.2, -0.15) is 0 Å². The summed E-state index contributed by atoms with van der Waals surface area (Å²) >= 11 is 0. The Kier molecular flexibility index (Phi) is 5.94. The van der Waals surface area contributed by atoms with E-state index in [9.17, 15) is 0 Å². The molecule has 0 aliphatic heterocycles. The Labute approximate surface area is 98.6 Å². The molecule has 0 aliphatic rings. The van der Waals surface area contributed by atoms with Gasteiger partial charge in [0.05, 0.1) is 13.2 Å². The summed E-state index contributed by atoms with van der Waals surface area (Å²) in [5.41, 5.74) is 1.16. The molecule has 1 atom stereocenters. The van der Waals surface area contributed by atoms with Crippen molar-refractivity contribution in [3.8, 4) is 5.75 Å². The van der Waals surface area contributed by atoms with Crippen molar-refractivity contribution in [3.63, 3.8) is 0 Å². The molecular formula is C14H22O2. The summed E-state index contributed by atoms with van der Waals surface area (Å²) in [5.74, 6) is 0.922. The lowest BCUT2D eigenvalue weighted by atomic mass is 10.0. The molecule has 0 heterocycles. The largest absolute Gasteiger partial charge is 0.496 e. The molecule has 0 spiro atoms. The van der Waals surface area contributed by atoms with Crippen molar-refractivity contribution < 1.29 is 9.47 Å². The average molecular weight is 222 g/mol. The van der Waals surface area contributed by atoms with E-state index in [1.54, 1.807) is 14.2 Å². The Morgan fingerprint density at radius 3 is 2.50 bits per heavy atom. The molecule has 1 aromatic carbocycles. The van der Waals surface area contributed by atoms with Crippen LogP contribution in [0.1, 0.15) is 44.3 Å². The van der Waals surface area contributed by atoms with E-state index in [4.69, 9.17) is 9.47 Å². The van der Waals surface area contributed by atoms with Gasteiger partial charge >= 0.3 is 0 Å². The summed E-state index contributed by atoms with van der Waals surface area (Å²) in [5, 5.41) is 0. The molecule has 1 unspecified atom stereocenters. The number of hydrogen-bond donors (Lipinski definition) is 0. The highest BCUT2D eigenvalue weighted by atomic mass is 16.5. The molecule has 0 fully saturated rings. The van der Waals surface area contributed by atoms with E-state index in [2.05, 4.69) is 13.0 Å². The number of ether oxygens (including phenoxy) is 2. The van der Waals surface area contributed by atoms with Crippen LogP contribution in [0, 0.1) is 0 Å². The zero-order chi connectivity index (χ0) is 11.8. The molecule has 90 valence electrons. The van der Waals surface area contributed by atoms with Gasteiger partial charge in [-0.25, -0.2) is 0 Å². The van der Waals surface area contributed by atoms with E-state index in [0.29, 0.717) is 0 Å². The summed E-state index contributed by atoms with van der Waals surface area (Å²) in [6.07, 6.45) is 4.91. The molecule has 0 N–H and O–H groups in total. The molecule has 0 aromatic heterocycles. The van der Waals surface area contributed by atoms with Gasteiger partial charge in [0.25, 0.3) is 0 Å². The lowest BCUT2D eigenvalue weighted by Gasteiger charge is -2.18. The van der Waals surface area contributed by atoms with Gasteiger partial charge in [-0.05, 0) is 12.5 Å². The van der Waals surface area contributed by atoms with Crippen molar-refractivity contribution in [1.82, 2.24) is 0 Å². The van der Waals surface area contributed by atoms with E-state index >= 15 is 0 Å². The molecule has 0 amide bonds. The minimum Gasteiger partial charge on any atom is -0.496 e. The van der Waals surface area contributed by atoms with Crippen molar-refractivity contribution in [2.75, 3.05) is 14.2 Å². The number of hydrogen-bond acceptors (Lipinski definition) is 2.